The number of rotatable bonds is 4. The van der Waals surface area contributed by atoms with Crippen molar-refractivity contribution in [3.63, 3.8) is 0 Å². The van der Waals surface area contributed by atoms with Crippen LogP contribution in [0, 0.1) is 11.2 Å². The second-order valence-corrected chi connectivity index (χ2v) is 7.54. The molecule has 0 aliphatic carbocycles. The predicted molar refractivity (Wildman–Crippen MR) is 98.8 cm³/mol. The van der Waals surface area contributed by atoms with Crippen molar-refractivity contribution in [2.45, 2.75) is 25.8 Å². The summed E-state index contributed by atoms with van der Waals surface area (Å²) in [6.07, 6.45) is 6.09. The van der Waals surface area contributed by atoms with Crippen LogP contribution in [0.5, 0.6) is 5.75 Å². The summed E-state index contributed by atoms with van der Waals surface area (Å²) >= 11 is 0. The van der Waals surface area contributed by atoms with Gasteiger partial charge in [0.05, 0.1) is 19.5 Å². The zero-order chi connectivity index (χ0) is 18.0. The SMILES string of the molecule is COc1ccc(CN2CCC3(CCCN(c4ncc(F)cn4)C3)C2)cc1. The molecule has 2 fully saturated rings. The van der Waals surface area contributed by atoms with E-state index in [-0.39, 0.29) is 5.82 Å². The first kappa shape index (κ1) is 17.2. The molecule has 3 heterocycles. The van der Waals surface area contributed by atoms with Crippen molar-refractivity contribution in [2.24, 2.45) is 5.41 Å². The van der Waals surface area contributed by atoms with Gasteiger partial charge in [0.1, 0.15) is 5.75 Å². The van der Waals surface area contributed by atoms with E-state index in [9.17, 15) is 4.39 Å². The summed E-state index contributed by atoms with van der Waals surface area (Å²) in [4.78, 5) is 13.1. The van der Waals surface area contributed by atoms with Crippen molar-refractivity contribution in [3.05, 3.63) is 48.0 Å². The van der Waals surface area contributed by atoms with Crippen molar-refractivity contribution in [1.82, 2.24) is 14.9 Å². The fraction of sp³-hybridized carbons (Fsp3) is 0.500. The van der Waals surface area contributed by atoms with E-state index in [1.165, 1.54) is 30.8 Å². The maximum Gasteiger partial charge on any atom is 0.225 e. The number of likely N-dealkylation sites (tertiary alicyclic amines) is 1. The van der Waals surface area contributed by atoms with Gasteiger partial charge in [0.2, 0.25) is 5.95 Å². The highest BCUT2D eigenvalue weighted by Crippen LogP contribution is 2.40. The number of hydrogen-bond donors (Lipinski definition) is 0. The molecule has 1 spiro atoms. The van der Waals surface area contributed by atoms with E-state index in [1.54, 1.807) is 7.11 Å². The molecule has 26 heavy (non-hydrogen) atoms. The molecule has 4 rings (SSSR count). The summed E-state index contributed by atoms with van der Waals surface area (Å²) in [6.45, 7) is 5.09. The predicted octanol–water partition coefficient (Wildman–Crippen LogP) is 3.12. The summed E-state index contributed by atoms with van der Waals surface area (Å²) in [6, 6.07) is 8.33. The number of nitrogens with zero attached hydrogens (tertiary/aromatic N) is 4. The van der Waals surface area contributed by atoms with Crippen molar-refractivity contribution in [1.29, 1.82) is 0 Å². The molecular formula is C20H25FN4O. The Labute approximate surface area is 153 Å². The second kappa shape index (κ2) is 7.19. The highest BCUT2D eigenvalue weighted by molar-refractivity contribution is 5.31. The Bertz CT molecular complexity index is 736. The lowest BCUT2D eigenvalue weighted by atomic mass is 9.79. The van der Waals surface area contributed by atoms with Crippen LogP contribution in [0.4, 0.5) is 10.3 Å². The van der Waals surface area contributed by atoms with Gasteiger partial charge in [-0.15, -0.1) is 0 Å². The summed E-state index contributed by atoms with van der Waals surface area (Å²) in [5.41, 5.74) is 1.61. The smallest absolute Gasteiger partial charge is 0.225 e. The van der Waals surface area contributed by atoms with Gasteiger partial charge >= 0.3 is 0 Å². The van der Waals surface area contributed by atoms with Gasteiger partial charge in [-0.2, -0.15) is 0 Å². The van der Waals surface area contributed by atoms with E-state index < -0.39 is 0 Å². The van der Waals surface area contributed by atoms with Gasteiger partial charge in [-0.1, -0.05) is 12.1 Å². The van der Waals surface area contributed by atoms with E-state index in [0.717, 1.165) is 44.9 Å². The molecule has 2 aliphatic heterocycles. The van der Waals surface area contributed by atoms with E-state index in [4.69, 9.17) is 4.74 Å². The molecule has 5 nitrogen and oxygen atoms in total. The lowest BCUT2D eigenvalue weighted by Gasteiger charge is -2.40. The Hall–Kier alpha value is -2.21. The molecular weight excluding hydrogens is 331 g/mol. The standard InChI is InChI=1S/C20H25FN4O/c1-26-18-5-3-16(4-6-18)13-24-10-8-20(14-24)7-2-9-25(15-20)19-22-11-17(21)12-23-19/h3-6,11-12H,2,7-10,13-15H2,1H3. The van der Waals surface area contributed by atoms with Crippen LogP contribution >= 0.6 is 0 Å². The first-order valence-electron chi connectivity index (χ1n) is 9.24. The molecule has 1 aromatic heterocycles. The summed E-state index contributed by atoms with van der Waals surface area (Å²) in [7, 11) is 1.69. The molecule has 0 saturated carbocycles. The number of methoxy groups -OCH3 is 1. The Morgan fingerprint density at radius 1 is 1.08 bits per heavy atom. The van der Waals surface area contributed by atoms with Crippen LogP contribution in [0.15, 0.2) is 36.7 Å². The largest absolute Gasteiger partial charge is 0.497 e. The normalized spacial score (nSPS) is 23.5. The number of piperidine rings is 1. The molecule has 0 bridgehead atoms. The Morgan fingerprint density at radius 2 is 1.85 bits per heavy atom. The summed E-state index contributed by atoms with van der Waals surface area (Å²) in [5, 5.41) is 0. The quantitative estimate of drug-likeness (QED) is 0.842. The second-order valence-electron chi connectivity index (χ2n) is 7.54. The monoisotopic (exact) mass is 356 g/mol. The molecule has 1 atom stereocenters. The summed E-state index contributed by atoms with van der Waals surface area (Å²) < 4.78 is 18.3. The van der Waals surface area contributed by atoms with Crippen molar-refractivity contribution < 1.29 is 9.13 Å². The van der Waals surface area contributed by atoms with Crippen LogP contribution in [-0.4, -0.2) is 48.2 Å². The molecule has 2 aliphatic rings. The van der Waals surface area contributed by atoms with Gasteiger partial charge in [-0.05, 0) is 43.5 Å². The van der Waals surface area contributed by atoms with Crippen molar-refractivity contribution in [2.75, 3.05) is 38.2 Å². The number of anilines is 1. The van der Waals surface area contributed by atoms with Crippen LogP contribution in [-0.2, 0) is 6.54 Å². The van der Waals surface area contributed by atoms with Gasteiger partial charge in [0, 0.05) is 31.6 Å². The molecule has 2 aromatic rings. The van der Waals surface area contributed by atoms with E-state index >= 15 is 0 Å². The highest BCUT2D eigenvalue weighted by atomic mass is 19.1. The molecule has 0 amide bonds. The first-order valence-corrected chi connectivity index (χ1v) is 9.24. The maximum atomic E-state index is 13.1. The van der Waals surface area contributed by atoms with Crippen LogP contribution < -0.4 is 9.64 Å². The minimum Gasteiger partial charge on any atom is -0.497 e. The highest BCUT2D eigenvalue weighted by Gasteiger charge is 2.41. The number of benzene rings is 1. The molecule has 1 unspecified atom stereocenters. The third-order valence-corrected chi connectivity index (χ3v) is 5.63. The fourth-order valence-corrected chi connectivity index (χ4v) is 4.33. The van der Waals surface area contributed by atoms with Crippen molar-refractivity contribution in [3.8, 4) is 5.75 Å². The molecule has 138 valence electrons. The zero-order valence-corrected chi connectivity index (χ0v) is 15.2. The van der Waals surface area contributed by atoms with Crippen LogP contribution in [0.3, 0.4) is 0 Å². The van der Waals surface area contributed by atoms with Gasteiger partial charge in [0.15, 0.2) is 5.82 Å². The minimum atomic E-state index is -0.382. The Balaban J connectivity index is 1.40. The average molecular weight is 356 g/mol. The van der Waals surface area contributed by atoms with E-state index in [0.29, 0.717) is 11.4 Å². The number of aromatic nitrogens is 2. The zero-order valence-electron chi connectivity index (χ0n) is 15.2. The molecule has 1 aromatic carbocycles. The summed E-state index contributed by atoms with van der Waals surface area (Å²) in [5.74, 6) is 1.17. The third-order valence-electron chi connectivity index (χ3n) is 5.63. The van der Waals surface area contributed by atoms with Gasteiger partial charge < -0.3 is 9.64 Å². The Kier molecular flexibility index (Phi) is 4.76. The third kappa shape index (κ3) is 3.65. The lowest BCUT2D eigenvalue weighted by Crippen LogP contribution is -2.45. The first-order chi connectivity index (χ1) is 12.7. The average Bonchev–Trinajstić information content (AvgIpc) is 3.04. The van der Waals surface area contributed by atoms with E-state index in [2.05, 4.69) is 31.9 Å². The van der Waals surface area contributed by atoms with Crippen LogP contribution in [0.25, 0.3) is 0 Å². The Morgan fingerprint density at radius 3 is 2.58 bits per heavy atom. The maximum absolute atomic E-state index is 13.1. The lowest BCUT2D eigenvalue weighted by molar-refractivity contribution is 0.215. The number of ether oxygens (including phenoxy) is 1. The van der Waals surface area contributed by atoms with Crippen LogP contribution in [0.2, 0.25) is 0 Å². The molecule has 0 N–H and O–H groups in total. The molecule has 6 heteroatoms. The molecule has 0 radical (unpaired) electrons. The van der Waals surface area contributed by atoms with E-state index in [1.807, 2.05) is 12.1 Å². The minimum absolute atomic E-state index is 0.294. The number of hydrogen-bond acceptors (Lipinski definition) is 5. The molecule has 2 saturated heterocycles. The van der Waals surface area contributed by atoms with Crippen LogP contribution in [0.1, 0.15) is 24.8 Å². The van der Waals surface area contributed by atoms with Gasteiger partial charge in [-0.25, -0.2) is 14.4 Å². The van der Waals surface area contributed by atoms with Crippen molar-refractivity contribution >= 4 is 5.95 Å². The number of halogens is 1. The van der Waals surface area contributed by atoms with Gasteiger partial charge in [-0.3, -0.25) is 4.90 Å². The fourth-order valence-electron chi connectivity index (χ4n) is 4.33. The van der Waals surface area contributed by atoms with Gasteiger partial charge in [0.25, 0.3) is 0 Å². The topological polar surface area (TPSA) is 41.5 Å².